The predicted octanol–water partition coefficient (Wildman–Crippen LogP) is 4.52. The van der Waals surface area contributed by atoms with E-state index in [1.54, 1.807) is 6.26 Å². The van der Waals surface area contributed by atoms with Crippen LogP contribution in [0.15, 0.2) is 53.1 Å². The van der Waals surface area contributed by atoms with Crippen LogP contribution in [0.4, 0.5) is 4.79 Å². The Labute approximate surface area is 223 Å². The van der Waals surface area contributed by atoms with Gasteiger partial charge in [0.05, 0.1) is 29.9 Å². The fourth-order valence-corrected chi connectivity index (χ4v) is 4.98. The first-order valence-corrected chi connectivity index (χ1v) is 14.1. The Balaban J connectivity index is 1.60. The number of benzene rings is 1. The van der Waals surface area contributed by atoms with E-state index < -0.39 is 24.1 Å². The zero-order chi connectivity index (χ0) is 26.5. The molecule has 1 fully saturated rings. The van der Waals surface area contributed by atoms with Crippen LogP contribution in [0.25, 0.3) is 0 Å². The molecule has 0 aliphatic carbocycles. The minimum Gasteiger partial charge on any atom is -0.468 e. The Kier molecular flexibility index (Phi) is 12.0. The highest BCUT2D eigenvalue weighted by Crippen LogP contribution is 2.16. The van der Waals surface area contributed by atoms with Crippen molar-refractivity contribution < 1.29 is 28.3 Å². The highest BCUT2D eigenvalue weighted by atomic mass is 32.2. The number of ketones is 1. The molecule has 2 heterocycles. The Hall–Kier alpha value is -2.78. The number of Topliss-reactive ketones (excluding diaryl/α,β-unsaturated/α-hetero) is 1. The minimum absolute atomic E-state index is 0.0888. The zero-order valence-electron chi connectivity index (χ0n) is 21.6. The van der Waals surface area contributed by atoms with Crippen LogP contribution in [0.2, 0.25) is 0 Å². The molecule has 3 rings (SSSR count). The molecule has 0 spiro atoms. The Morgan fingerprint density at radius 1 is 1.05 bits per heavy atom. The fraction of sp³-hybridized carbons (Fsp3) is 0.536. The van der Waals surface area contributed by atoms with E-state index in [1.807, 2.05) is 56.3 Å². The lowest BCUT2D eigenvalue weighted by atomic mass is 10.00. The number of hydrogen-bond acceptors (Lipinski definition) is 7. The first-order valence-electron chi connectivity index (χ1n) is 12.9. The molecule has 3 atom stereocenters. The van der Waals surface area contributed by atoms with Gasteiger partial charge in [-0.2, -0.15) is 0 Å². The lowest BCUT2D eigenvalue weighted by molar-refractivity contribution is -0.128. The molecule has 9 heteroatoms. The third-order valence-electron chi connectivity index (χ3n) is 6.05. The molecule has 2 aromatic rings. The lowest BCUT2D eigenvalue weighted by Gasteiger charge is -2.25. The topological polar surface area (TPSA) is 107 Å². The second kappa shape index (κ2) is 15.5. The number of carbonyl (C=O) groups excluding carboxylic acids is 3. The summed E-state index contributed by atoms with van der Waals surface area (Å²) in [5, 5.41) is 5.60. The van der Waals surface area contributed by atoms with Crippen LogP contribution in [-0.4, -0.2) is 54.9 Å². The molecule has 1 aliphatic heterocycles. The van der Waals surface area contributed by atoms with Gasteiger partial charge in [-0.1, -0.05) is 44.2 Å². The summed E-state index contributed by atoms with van der Waals surface area (Å²) >= 11 is 1.44. The van der Waals surface area contributed by atoms with Gasteiger partial charge in [0.1, 0.15) is 18.4 Å². The Morgan fingerprint density at radius 2 is 1.86 bits per heavy atom. The van der Waals surface area contributed by atoms with Gasteiger partial charge in [0, 0.05) is 6.61 Å². The summed E-state index contributed by atoms with van der Waals surface area (Å²) in [4.78, 5) is 39.0. The van der Waals surface area contributed by atoms with Crippen molar-refractivity contribution in [1.82, 2.24) is 10.6 Å². The number of carbonyl (C=O) groups is 3. The van der Waals surface area contributed by atoms with E-state index in [-0.39, 0.29) is 30.2 Å². The molecular weight excluding hydrogens is 492 g/mol. The van der Waals surface area contributed by atoms with Gasteiger partial charge in [-0.3, -0.25) is 9.59 Å². The van der Waals surface area contributed by atoms with Crippen molar-refractivity contribution in [2.45, 2.75) is 69.9 Å². The molecule has 37 heavy (non-hydrogen) atoms. The third-order valence-corrected chi connectivity index (χ3v) is 7.02. The van der Waals surface area contributed by atoms with E-state index in [9.17, 15) is 14.4 Å². The molecule has 2 N–H and O–H groups in total. The van der Waals surface area contributed by atoms with Gasteiger partial charge >= 0.3 is 6.09 Å². The lowest BCUT2D eigenvalue weighted by Crippen LogP contribution is -2.53. The molecule has 202 valence electrons. The second-order valence-corrected chi connectivity index (χ2v) is 10.7. The molecule has 1 aromatic carbocycles. The quantitative estimate of drug-likeness (QED) is 0.370. The van der Waals surface area contributed by atoms with Crippen LogP contribution in [0.3, 0.4) is 0 Å². The highest BCUT2D eigenvalue weighted by molar-refractivity contribution is 7.99. The van der Waals surface area contributed by atoms with Crippen molar-refractivity contribution in [3.63, 3.8) is 0 Å². The second-order valence-electron chi connectivity index (χ2n) is 9.70. The van der Waals surface area contributed by atoms with E-state index in [4.69, 9.17) is 13.9 Å². The maximum absolute atomic E-state index is 13.3. The number of ether oxygens (including phenoxy) is 2. The average Bonchev–Trinajstić information content (AvgIpc) is 3.41. The van der Waals surface area contributed by atoms with E-state index in [0.29, 0.717) is 25.2 Å². The normalized spacial score (nSPS) is 17.1. The van der Waals surface area contributed by atoms with E-state index in [2.05, 4.69) is 10.6 Å². The maximum Gasteiger partial charge on any atom is 0.407 e. The number of thioether (sulfide) groups is 1. The molecule has 8 nitrogen and oxygen atoms in total. The Morgan fingerprint density at radius 3 is 2.54 bits per heavy atom. The van der Waals surface area contributed by atoms with E-state index in [0.717, 1.165) is 30.6 Å². The first-order chi connectivity index (χ1) is 17.9. The predicted molar refractivity (Wildman–Crippen MR) is 143 cm³/mol. The molecular formula is C28H38N2O6S. The van der Waals surface area contributed by atoms with Gasteiger partial charge in [0.15, 0.2) is 5.78 Å². The summed E-state index contributed by atoms with van der Waals surface area (Å²) < 4.78 is 16.3. The van der Waals surface area contributed by atoms with Crippen LogP contribution < -0.4 is 10.6 Å². The van der Waals surface area contributed by atoms with Crippen molar-refractivity contribution >= 4 is 29.5 Å². The first kappa shape index (κ1) is 28.8. The van der Waals surface area contributed by atoms with Crippen molar-refractivity contribution in [2.24, 2.45) is 5.92 Å². The molecule has 0 bridgehead atoms. The molecule has 2 amide bonds. The van der Waals surface area contributed by atoms with Gasteiger partial charge in [0.25, 0.3) is 0 Å². The molecule has 3 unspecified atom stereocenters. The largest absolute Gasteiger partial charge is 0.468 e. The minimum atomic E-state index is -0.818. The summed E-state index contributed by atoms with van der Waals surface area (Å²) in [6.07, 6.45) is 4.53. The molecule has 1 saturated heterocycles. The summed E-state index contributed by atoms with van der Waals surface area (Å²) in [7, 11) is 0. The van der Waals surface area contributed by atoms with Crippen molar-refractivity contribution in [2.75, 3.05) is 19.0 Å². The van der Waals surface area contributed by atoms with E-state index in [1.165, 1.54) is 11.8 Å². The van der Waals surface area contributed by atoms with Gasteiger partial charge in [-0.25, -0.2) is 4.79 Å². The average molecular weight is 531 g/mol. The van der Waals surface area contributed by atoms with Gasteiger partial charge in [-0.05, 0) is 55.7 Å². The Bertz CT molecular complexity index is 960. The summed E-state index contributed by atoms with van der Waals surface area (Å²) in [6.45, 7) is 4.77. The SMILES string of the molecule is CC(C)CC(NC(=O)OCC1CCCCO1)C(=O)NC(Cc1ccccc1)C(=O)CSCc1ccco1. The van der Waals surface area contributed by atoms with E-state index >= 15 is 0 Å². The third kappa shape index (κ3) is 10.6. The van der Waals surface area contributed by atoms with Crippen molar-refractivity contribution in [1.29, 1.82) is 0 Å². The van der Waals surface area contributed by atoms with Crippen molar-refractivity contribution in [3.05, 3.63) is 60.1 Å². The monoisotopic (exact) mass is 530 g/mol. The molecule has 1 aliphatic rings. The zero-order valence-corrected chi connectivity index (χ0v) is 22.5. The van der Waals surface area contributed by atoms with Crippen LogP contribution >= 0.6 is 11.8 Å². The van der Waals surface area contributed by atoms with Gasteiger partial charge < -0.3 is 24.5 Å². The number of hydrogen-bond donors (Lipinski definition) is 2. The number of furan rings is 1. The van der Waals surface area contributed by atoms with Crippen LogP contribution in [0.5, 0.6) is 0 Å². The fourth-order valence-electron chi connectivity index (χ4n) is 4.11. The smallest absolute Gasteiger partial charge is 0.407 e. The van der Waals surface area contributed by atoms with Gasteiger partial charge in [0.2, 0.25) is 5.91 Å². The number of alkyl carbamates (subject to hydrolysis) is 1. The van der Waals surface area contributed by atoms with Crippen molar-refractivity contribution in [3.8, 4) is 0 Å². The summed E-state index contributed by atoms with van der Waals surface area (Å²) in [5.74, 6) is 1.24. The number of amides is 2. The molecule has 0 saturated carbocycles. The summed E-state index contributed by atoms with van der Waals surface area (Å²) in [5.41, 5.74) is 0.942. The van der Waals surface area contributed by atoms with Crippen LogP contribution in [0, 0.1) is 5.92 Å². The van der Waals surface area contributed by atoms with Gasteiger partial charge in [-0.15, -0.1) is 11.8 Å². The summed E-state index contributed by atoms with van der Waals surface area (Å²) in [6, 6.07) is 11.7. The van der Waals surface area contributed by atoms with Crippen LogP contribution in [-0.2, 0) is 31.2 Å². The highest BCUT2D eigenvalue weighted by Gasteiger charge is 2.28. The number of nitrogens with one attached hydrogen (secondary N) is 2. The molecule has 0 radical (unpaired) electrons. The standard InChI is InChI=1S/C28H38N2O6S/c1-20(2)15-25(30-28(33)36-17-22-11-6-7-13-34-22)27(32)29-24(16-21-9-4-3-5-10-21)26(31)19-37-18-23-12-8-14-35-23/h3-5,8-10,12,14,20,22,24-25H,6-7,11,13,15-19H2,1-2H3,(H,29,32)(H,30,33). The molecule has 1 aromatic heterocycles. The van der Waals surface area contributed by atoms with Crippen LogP contribution in [0.1, 0.15) is 50.9 Å². The number of rotatable bonds is 14. The maximum atomic E-state index is 13.3.